The summed E-state index contributed by atoms with van der Waals surface area (Å²) in [5.74, 6) is -2.42. The molecule has 2 aliphatic rings. The minimum Gasteiger partial charge on any atom is -0.453 e. The lowest BCUT2D eigenvalue weighted by atomic mass is 10.0. The molecule has 2 fully saturated rings. The molecule has 2 aromatic carbocycles. The predicted molar refractivity (Wildman–Crippen MR) is 203 cm³/mol. The van der Waals surface area contributed by atoms with E-state index < -0.39 is 53.9 Å². The second-order valence-corrected chi connectivity index (χ2v) is 14.7. The summed E-state index contributed by atoms with van der Waals surface area (Å²) in [6.45, 7) is 8.07. The molecule has 4 N–H and O–H groups in total. The molecule has 0 bridgehead atoms. The van der Waals surface area contributed by atoms with Gasteiger partial charge in [0.2, 0.25) is 23.6 Å². The summed E-state index contributed by atoms with van der Waals surface area (Å²) in [5, 5.41) is 7.48. The number of aromatic amines is 1. The molecule has 2 saturated heterocycles. The van der Waals surface area contributed by atoms with E-state index in [1.165, 1.54) is 31.3 Å². The third-order valence-corrected chi connectivity index (χ3v) is 10.3. The summed E-state index contributed by atoms with van der Waals surface area (Å²) in [6, 6.07) is 9.11. The fraction of sp³-hybridized carbons (Fsp3) is 0.475. The Bertz CT molecular complexity index is 1930. The Kier molecular flexibility index (Phi) is 13.5. The molecule has 4 atom stereocenters. The van der Waals surface area contributed by atoms with Crippen LogP contribution < -0.4 is 16.0 Å². The number of hydrogen-bond donors (Lipinski definition) is 4. The van der Waals surface area contributed by atoms with E-state index in [1.807, 2.05) is 38.1 Å². The number of carbonyl (C=O) groups is 6. The Morgan fingerprint density at radius 1 is 0.804 bits per heavy atom. The van der Waals surface area contributed by atoms with Crippen LogP contribution in [0.5, 0.6) is 0 Å². The first-order valence-electron chi connectivity index (χ1n) is 18.8. The van der Waals surface area contributed by atoms with Gasteiger partial charge in [-0.15, -0.1) is 0 Å². The van der Waals surface area contributed by atoms with Crippen LogP contribution in [0, 0.1) is 17.7 Å². The van der Waals surface area contributed by atoms with E-state index in [4.69, 9.17) is 4.74 Å². The van der Waals surface area contributed by atoms with Crippen molar-refractivity contribution in [3.8, 4) is 22.4 Å². The van der Waals surface area contributed by atoms with Crippen LogP contribution in [0.3, 0.4) is 0 Å². The van der Waals surface area contributed by atoms with Crippen LogP contribution >= 0.6 is 0 Å². The number of benzene rings is 2. The van der Waals surface area contributed by atoms with Crippen LogP contribution in [0.15, 0.2) is 48.7 Å². The molecular formula is C40H50FN7O8. The third kappa shape index (κ3) is 9.52. The van der Waals surface area contributed by atoms with E-state index >= 15 is 4.39 Å². The number of carbonyl (C=O) groups excluding carboxylic acids is 6. The number of ether oxygens (including phenoxy) is 2. The number of halogens is 1. The molecule has 15 nitrogen and oxygen atoms in total. The Hall–Kier alpha value is -5.80. The van der Waals surface area contributed by atoms with E-state index in [1.54, 1.807) is 31.0 Å². The van der Waals surface area contributed by atoms with Crippen molar-refractivity contribution in [3.05, 3.63) is 65.9 Å². The number of H-pyrrole nitrogens is 1. The smallest absolute Gasteiger partial charge is 0.407 e. The monoisotopic (exact) mass is 775 g/mol. The lowest BCUT2D eigenvalue weighted by Gasteiger charge is -2.30. The number of likely N-dealkylation sites (tertiary alicyclic amines) is 2. The molecular weight excluding hydrogens is 725 g/mol. The molecule has 0 spiro atoms. The number of nitrogens with zero attached hydrogens (tertiary/aromatic N) is 3. The minimum absolute atomic E-state index is 0.0994. The highest BCUT2D eigenvalue weighted by Gasteiger charge is 2.40. The zero-order valence-electron chi connectivity index (χ0n) is 32.5. The van der Waals surface area contributed by atoms with Crippen molar-refractivity contribution in [1.82, 2.24) is 35.7 Å². The molecule has 0 saturated carbocycles. The van der Waals surface area contributed by atoms with Crippen molar-refractivity contribution in [2.24, 2.45) is 11.8 Å². The first-order chi connectivity index (χ1) is 26.7. The minimum atomic E-state index is -0.914. The second-order valence-electron chi connectivity index (χ2n) is 14.7. The molecule has 0 radical (unpaired) electrons. The highest BCUT2D eigenvalue weighted by atomic mass is 19.1. The lowest BCUT2D eigenvalue weighted by Crippen LogP contribution is -2.55. The largest absolute Gasteiger partial charge is 0.453 e. The zero-order valence-corrected chi connectivity index (χ0v) is 32.5. The number of rotatable bonds is 12. The van der Waals surface area contributed by atoms with Gasteiger partial charge in [0.1, 0.15) is 29.8 Å². The Morgan fingerprint density at radius 2 is 1.36 bits per heavy atom. The number of hydrogen-bond acceptors (Lipinski definition) is 9. The highest BCUT2D eigenvalue weighted by molar-refractivity contribution is 6.00. The number of amides is 6. The van der Waals surface area contributed by atoms with E-state index in [0.29, 0.717) is 30.8 Å². The van der Waals surface area contributed by atoms with Gasteiger partial charge in [-0.3, -0.25) is 24.5 Å². The van der Waals surface area contributed by atoms with Crippen molar-refractivity contribution in [3.63, 3.8) is 0 Å². The number of aromatic nitrogens is 2. The molecule has 56 heavy (non-hydrogen) atoms. The second kappa shape index (κ2) is 18.2. The van der Waals surface area contributed by atoms with E-state index in [2.05, 4.69) is 30.7 Å². The van der Waals surface area contributed by atoms with Crippen molar-refractivity contribution in [2.75, 3.05) is 27.3 Å². The van der Waals surface area contributed by atoms with Gasteiger partial charge in [0, 0.05) is 13.1 Å². The maximum Gasteiger partial charge on any atom is 0.407 e. The summed E-state index contributed by atoms with van der Waals surface area (Å²) in [5.41, 5.74) is 2.99. The Balaban J connectivity index is 1.19. The number of methoxy groups -OCH3 is 2. The van der Waals surface area contributed by atoms with Gasteiger partial charge >= 0.3 is 12.2 Å². The van der Waals surface area contributed by atoms with Crippen LogP contribution in [0.2, 0.25) is 0 Å². The first-order valence-corrected chi connectivity index (χ1v) is 18.8. The summed E-state index contributed by atoms with van der Waals surface area (Å²) in [4.78, 5) is 87.5. The quantitative estimate of drug-likeness (QED) is 0.205. The number of alkyl carbamates (subject to hydrolysis) is 2. The third-order valence-electron chi connectivity index (χ3n) is 10.3. The summed E-state index contributed by atoms with van der Waals surface area (Å²) in [6.07, 6.45) is 2.28. The molecule has 6 amide bonds. The molecule has 16 heteroatoms. The van der Waals surface area contributed by atoms with Gasteiger partial charge in [-0.05, 0) is 65.8 Å². The van der Waals surface area contributed by atoms with Gasteiger partial charge in [-0.1, -0.05) is 64.1 Å². The van der Waals surface area contributed by atoms with Crippen LogP contribution in [0.4, 0.5) is 14.0 Å². The number of imide groups is 1. The van der Waals surface area contributed by atoms with Gasteiger partial charge in [-0.2, -0.15) is 0 Å². The maximum absolute atomic E-state index is 15.3. The summed E-state index contributed by atoms with van der Waals surface area (Å²) >= 11 is 0. The standard InChI is InChI=1S/C40H50FN7O8/c1-22(2)33(45-39(53)55-5)37(51)47-17-7-9-30(47)35-42-21-29(43-35)25-13-11-24(12-14-25)26-15-16-27(28(41)19-26)20-32(49)44-36(50)31-10-8-18-48(31)38(52)34(23(3)4)46-40(54)56-6/h11-16,19,21-23,30-31,33-34H,7-10,17-18,20H2,1-6H3,(H,42,43)(H,45,53)(H,46,54)(H,44,49,50)/t30-,31-,33-,34-/m0/s1. The normalized spacial score (nSPS) is 17.7. The SMILES string of the molecule is COC(=O)N[C@H](C(=O)N1CCC[C@H]1C(=O)NC(=O)Cc1ccc(-c2ccc(-c3cnc([C@@H]4CCCN4C(=O)[C@@H](NC(=O)OC)C(C)C)[nH]3)cc2)cc1F)C(C)C. The Morgan fingerprint density at radius 3 is 1.95 bits per heavy atom. The van der Waals surface area contributed by atoms with Crippen LogP contribution in [0.25, 0.3) is 22.4 Å². The van der Waals surface area contributed by atoms with Crippen LogP contribution in [-0.4, -0.2) is 101 Å². The highest BCUT2D eigenvalue weighted by Crippen LogP contribution is 2.33. The van der Waals surface area contributed by atoms with Crippen molar-refractivity contribution in [2.45, 2.75) is 84.0 Å². The maximum atomic E-state index is 15.3. The molecule has 0 aliphatic carbocycles. The van der Waals surface area contributed by atoms with Crippen molar-refractivity contribution < 1.29 is 42.6 Å². The van der Waals surface area contributed by atoms with Gasteiger partial charge in [0.15, 0.2) is 0 Å². The van der Waals surface area contributed by atoms with Gasteiger partial charge in [-0.25, -0.2) is 19.0 Å². The van der Waals surface area contributed by atoms with Crippen molar-refractivity contribution in [1.29, 1.82) is 0 Å². The predicted octanol–water partition coefficient (Wildman–Crippen LogP) is 4.48. The number of nitrogens with one attached hydrogen (secondary N) is 4. The molecule has 5 rings (SSSR count). The summed E-state index contributed by atoms with van der Waals surface area (Å²) in [7, 11) is 2.45. The van der Waals surface area contributed by atoms with E-state index in [0.717, 1.165) is 29.7 Å². The fourth-order valence-electron chi connectivity index (χ4n) is 7.18. The van der Waals surface area contributed by atoms with Crippen molar-refractivity contribution >= 4 is 35.8 Å². The average Bonchev–Trinajstić information content (AvgIpc) is 3.97. The van der Waals surface area contributed by atoms with Gasteiger partial charge in [0.05, 0.1) is 38.6 Å². The summed E-state index contributed by atoms with van der Waals surface area (Å²) < 4.78 is 24.7. The van der Waals surface area contributed by atoms with Gasteiger partial charge in [0.25, 0.3) is 0 Å². The topological polar surface area (TPSA) is 192 Å². The zero-order chi connectivity index (χ0) is 40.7. The Labute approximate surface area is 325 Å². The van der Waals surface area contributed by atoms with Crippen LogP contribution in [0.1, 0.15) is 70.8 Å². The van der Waals surface area contributed by atoms with E-state index in [9.17, 15) is 28.8 Å². The average molecular weight is 776 g/mol. The molecule has 3 aromatic rings. The van der Waals surface area contributed by atoms with Gasteiger partial charge < -0.3 is 34.9 Å². The molecule has 2 aliphatic heterocycles. The molecule has 0 unspecified atom stereocenters. The first kappa shape index (κ1) is 41.4. The fourth-order valence-corrected chi connectivity index (χ4v) is 7.18. The van der Waals surface area contributed by atoms with Crippen LogP contribution in [-0.2, 0) is 35.1 Å². The lowest BCUT2D eigenvalue weighted by molar-refractivity contribution is -0.142. The van der Waals surface area contributed by atoms with E-state index in [-0.39, 0.29) is 42.3 Å². The molecule has 1 aromatic heterocycles. The number of imidazole rings is 1. The molecule has 3 heterocycles. The molecule has 300 valence electrons.